The first kappa shape index (κ1) is 12.9. The maximum Gasteiger partial charge on any atom is 0.133 e. The molecule has 0 radical (unpaired) electrons. The van der Waals surface area contributed by atoms with Crippen molar-refractivity contribution in [2.75, 3.05) is 6.54 Å². The Morgan fingerprint density at radius 1 is 1.39 bits per heavy atom. The van der Waals surface area contributed by atoms with Crippen LogP contribution in [-0.4, -0.2) is 16.1 Å². The van der Waals surface area contributed by atoms with Gasteiger partial charge in [-0.1, -0.05) is 13.8 Å². The quantitative estimate of drug-likeness (QED) is 0.853. The highest BCUT2D eigenvalue weighted by atomic mass is 16.3. The molecule has 1 atom stereocenters. The molecule has 0 saturated heterocycles. The van der Waals surface area contributed by atoms with Crippen LogP contribution in [0, 0.1) is 0 Å². The van der Waals surface area contributed by atoms with Crippen molar-refractivity contribution in [1.29, 1.82) is 0 Å². The third-order valence-corrected chi connectivity index (χ3v) is 3.03. The van der Waals surface area contributed by atoms with E-state index in [2.05, 4.69) is 24.1 Å². The van der Waals surface area contributed by atoms with E-state index in [1.54, 1.807) is 0 Å². The highest BCUT2D eigenvalue weighted by Crippen LogP contribution is 2.22. The van der Waals surface area contributed by atoms with Crippen molar-refractivity contribution in [3.05, 3.63) is 41.9 Å². The first-order valence-electron chi connectivity index (χ1n) is 6.55. The maximum absolute atomic E-state index is 5.85. The van der Waals surface area contributed by atoms with E-state index in [1.807, 2.05) is 36.1 Å². The van der Waals surface area contributed by atoms with Gasteiger partial charge in [0, 0.05) is 25.9 Å². The van der Waals surface area contributed by atoms with Crippen LogP contribution in [0.25, 0.3) is 0 Å². The maximum atomic E-state index is 5.85. The Labute approximate surface area is 108 Å². The second-order valence-electron chi connectivity index (χ2n) is 4.44. The van der Waals surface area contributed by atoms with E-state index < -0.39 is 0 Å². The fourth-order valence-electron chi connectivity index (χ4n) is 2.00. The molecule has 1 unspecified atom stereocenters. The van der Waals surface area contributed by atoms with Crippen LogP contribution in [0.2, 0.25) is 0 Å². The molecule has 0 aromatic carbocycles. The lowest BCUT2D eigenvalue weighted by Crippen LogP contribution is -2.25. The minimum Gasteiger partial charge on any atom is -0.464 e. The number of imidazole rings is 1. The van der Waals surface area contributed by atoms with Gasteiger partial charge >= 0.3 is 0 Å². The van der Waals surface area contributed by atoms with E-state index in [0.29, 0.717) is 0 Å². The van der Waals surface area contributed by atoms with Crippen molar-refractivity contribution >= 4 is 0 Å². The molecule has 0 spiro atoms. The van der Waals surface area contributed by atoms with Crippen molar-refractivity contribution < 1.29 is 4.42 Å². The van der Waals surface area contributed by atoms with Gasteiger partial charge in [0.05, 0.1) is 0 Å². The molecule has 98 valence electrons. The molecule has 4 heteroatoms. The minimum atomic E-state index is 0.0326. The summed E-state index contributed by atoms with van der Waals surface area (Å²) in [6.45, 7) is 5.19. The highest BCUT2D eigenvalue weighted by Gasteiger charge is 2.20. The Morgan fingerprint density at radius 2 is 2.22 bits per heavy atom. The van der Waals surface area contributed by atoms with Gasteiger partial charge in [0.25, 0.3) is 0 Å². The zero-order chi connectivity index (χ0) is 13.0. The second kappa shape index (κ2) is 5.87. The van der Waals surface area contributed by atoms with Crippen LogP contribution in [0.3, 0.4) is 0 Å². The van der Waals surface area contributed by atoms with Gasteiger partial charge in [0.2, 0.25) is 0 Å². The second-order valence-corrected chi connectivity index (χ2v) is 4.44. The largest absolute Gasteiger partial charge is 0.464 e. The van der Waals surface area contributed by atoms with E-state index in [1.165, 1.54) is 0 Å². The normalized spacial score (nSPS) is 12.8. The Balaban J connectivity index is 2.27. The summed E-state index contributed by atoms with van der Waals surface area (Å²) in [6, 6.07) is 4.12. The first-order chi connectivity index (χ1) is 8.76. The molecule has 2 heterocycles. The van der Waals surface area contributed by atoms with Crippen LogP contribution in [0.4, 0.5) is 0 Å². The van der Waals surface area contributed by atoms with Crippen molar-refractivity contribution in [3.63, 3.8) is 0 Å². The molecule has 0 aliphatic rings. The molecule has 0 amide bonds. The van der Waals surface area contributed by atoms with Crippen LogP contribution in [0.15, 0.2) is 28.9 Å². The van der Waals surface area contributed by atoms with Gasteiger partial charge in [-0.05, 0) is 25.1 Å². The summed E-state index contributed by atoms with van der Waals surface area (Å²) in [6.07, 6.45) is 5.78. The number of aryl methyl sites for hydroxylation is 2. The average Bonchev–Trinajstić information content (AvgIpc) is 3.00. The van der Waals surface area contributed by atoms with Gasteiger partial charge < -0.3 is 14.3 Å². The molecule has 0 fully saturated rings. The Hall–Kier alpha value is -1.55. The Kier molecular flexibility index (Phi) is 4.20. The number of aromatic nitrogens is 2. The van der Waals surface area contributed by atoms with Crippen molar-refractivity contribution in [2.24, 2.45) is 7.05 Å². The zero-order valence-corrected chi connectivity index (χ0v) is 11.3. The van der Waals surface area contributed by atoms with Crippen LogP contribution >= 0.6 is 0 Å². The number of hydrogen-bond acceptors (Lipinski definition) is 3. The van der Waals surface area contributed by atoms with Gasteiger partial charge in [-0.25, -0.2) is 4.98 Å². The zero-order valence-electron chi connectivity index (χ0n) is 11.3. The van der Waals surface area contributed by atoms with Crippen molar-refractivity contribution in [2.45, 2.75) is 32.7 Å². The molecule has 0 bridgehead atoms. The van der Waals surface area contributed by atoms with Gasteiger partial charge in [0.1, 0.15) is 23.4 Å². The smallest absolute Gasteiger partial charge is 0.133 e. The summed E-state index contributed by atoms with van der Waals surface area (Å²) in [5.41, 5.74) is 0. The van der Waals surface area contributed by atoms with Gasteiger partial charge in [-0.15, -0.1) is 0 Å². The molecule has 18 heavy (non-hydrogen) atoms. The van der Waals surface area contributed by atoms with E-state index in [0.717, 1.165) is 36.7 Å². The number of nitrogens with one attached hydrogen (secondary N) is 1. The van der Waals surface area contributed by atoms with Crippen LogP contribution in [0.1, 0.15) is 43.7 Å². The molecular formula is C14H21N3O. The SMILES string of the molecule is CCCNC(c1ccc(CC)o1)c1nccn1C. The van der Waals surface area contributed by atoms with E-state index in [4.69, 9.17) is 4.42 Å². The predicted octanol–water partition coefficient (Wildman–Crippen LogP) is 2.66. The lowest BCUT2D eigenvalue weighted by Gasteiger charge is -2.16. The standard InChI is InChI=1S/C14H21N3O/c1-4-8-15-13(14-16-9-10-17(14)3)12-7-6-11(5-2)18-12/h6-7,9-10,13,15H,4-5,8H2,1-3H3. The molecule has 2 aromatic rings. The Bertz CT molecular complexity index is 487. The monoisotopic (exact) mass is 247 g/mol. The molecule has 2 rings (SSSR count). The topological polar surface area (TPSA) is 43.0 Å². The summed E-state index contributed by atoms with van der Waals surface area (Å²) >= 11 is 0. The molecule has 1 N–H and O–H groups in total. The summed E-state index contributed by atoms with van der Waals surface area (Å²) in [5, 5.41) is 3.49. The third kappa shape index (κ3) is 2.64. The predicted molar refractivity (Wildman–Crippen MR) is 71.4 cm³/mol. The number of furan rings is 1. The fourth-order valence-corrected chi connectivity index (χ4v) is 2.00. The molecule has 0 saturated carbocycles. The molecule has 4 nitrogen and oxygen atoms in total. The van der Waals surface area contributed by atoms with E-state index >= 15 is 0 Å². The van der Waals surface area contributed by atoms with Crippen molar-refractivity contribution in [3.8, 4) is 0 Å². The summed E-state index contributed by atoms with van der Waals surface area (Å²) in [7, 11) is 2.01. The number of nitrogens with zero attached hydrogens (tertiary/aromatic N) is 2. The van der Waals surface area contributed by atoms with Crippen LogP contribution in [-0.2, 0) is 13.5 Å². The van der Waals surface area contributed by atoms with E-state index in [9.17, 15) is 0 Å². The Morgan fingerprint density at radius 3 is 2.78 bits per heavy atom. The van der Waals surface area contributed by atoms with Crippen LogP contribution in [0.5, 0.6) is 0 Å². The number of rotatable bonds is 6. The average molecular weight is 247 g/mol. The number of hydrogen-bond donors (Lipinski definition) is 1. The lowest BCUT2D eigenvalue weighted by atomic mass is 10.2. The molecule has 0 aliphatic heterocycles. The summed E-state index contributed by atoms with van der Waals surface area (Å²) in [5.74, 6) is 2.94. The molecule has 2 aromatic heterocycles. The lowest BCUT2D eigenvalue weighted by molar-refractivity contribution is 0.409. The summed E-state index contributed by atoms with van der Waals surface area (Å²) in [4.78, 5) is 4.42. The fraction of sp³-hybridized carbons (Fsp3) is 0.500. The summed E-state index contributed by atoms with van der Waals surface area (Å²) < 4.78 is 7.88. The third-order valence-electron chi connectivity index (χ3n) is 3.03. The first-order valence-corrected chi connectivity index (χ1v) is 6.55. The van der Waals surface area contributed by atoms with E-state index in [-0.39, 0.29) is 6.04 Å². The molecule has 0 aliphatic carbocycles. The van der Waals surface area contributed by atoms with Gasteiger partial charge in [-0.2, -0.15) is 0 Å². The minimum absolute atomic E-state index is 0.0326. The highest BCUT2D eigenvalue weighted by molar-refractivity contribution is 5.18. The van der Waals surface area contributed by atoms with Gasteiger partial charge in [0.15, 0.2) is 0 Å². The van der Waals surface area contributed by atoms with Crippen LogP contribution < -0.4 is 5.32 Å². The van der Waals surface area contributed by atoms with Gasteiger partial charge in [-0.3, -0.25) is 0 Å². The van der Waals surface area contributed by atoms with Crippen molar-refractivity contribution in [1.82, 2.24) is 14.9 Å². The molecular weight excluding hydrogens is 226 g/mol.